The fourth-order valence-electron chi connectivity index (χ4n) is 4.02. The van der Waals surface area contributed by atoms with Gasteiger partial charge in [-0.3, -0.25) is 0 Å². The molecule has 0 aromatic heterocycles. The molecule has 2 heteroatoms. The summed E-state index contributed by atoms with van der Waals surface area (Å²) in [5.41, 5.74) is 8.68. The molecule has 0 radical (unpaired) electrons. The van der Waals surface area contributed by atoms with Crippen LogP contribution < -0.4 is 4.90 Å². The molecule has 1 N–H and O–H groups in total. The second kappa shape index (κ2) is 6.96. The van der Waals surface area contributed by atoms with Crippen LogP contribution in [0.4, 0.5) is 5.69 Å². The third-order valence-corrected chi connectivity index (χ3v) is 5.80. The van der Waals surface area contributed by atoms with E-state index in [0.717, 1.165) is 17.7 Å². The first kappa shape index (κ1) is 17.0. The first-order valence-corrected chi connectivity index (χ1v) is 9.26. The molecule has 2 aliphatic carbocycles. The molecule has 0 bridgehead atoms. The second-order valence-corrected chi connectivity index (χ2v) is 7.57. The summed E-state index contributed by atoms with van der Waals surface area (Å²) >= 11 is 0. The monoisotopic (exact) mass is 322 g/mol. The summed E-state index contributed by atoms with van der Waals surface area (Å²) in [6.07, 6.45) is 9.57. The molecular weight excluding hydrogens is 292 g/mol. The third-order valence-electron chi connectivity index (χ3n) is 5.80. The average Bonchev–Trinajstić information content (AvgIpc) is 2.93. The predicted octanol–water partition coefficient (Wildman–Crippen LogP) is 5.82. The molecule has 2 aliphatic rings. The van der Waals surface area contributed by atoms with E-state index >= 15 is 0 Å². The Kier molecular flexibility index (Phi) is 4.93. The van der Waals surface area contributed by atoms with Crippen molar-refractivity contribution >= 4 is 17.0 Å². The summed E-state index contributed by atoms with van der Waals surface area (Å²) in [6, 6.07) is 6.68. The Hall–Kier alpha value is -1.83. The van der Waals surface area contributed by atoms with Crippen LogP contribution in [0.1, 0.15) is 63.5 Å². The second-order valence-electron chi connectivity index (χ2n) is 7.57. The summed E-state index contributed by atoms with van der Waals surface area (Å²) in [5, 5.41) is 8.92. The molecule has 3 rings (SSSR count). The number of hydrogen-bond acceptors (Lipinski definition) is 2. The molecule has 0 aliphatic heterocycles. The lowest BCUT2D eigenvalue weighted by molar-refractivity contribution is 0.438. The highest BCUT2D eigenvalue weighted by Crippen LogP contribution is 2.38. The van der Waals surface area contributed by atoms with Crippen LogP contribution in [0.3, 0.4) is 0 Å². The minimum atomic E-state index is 0.436. The zero-order valence-electron chi connectivity index (χ0n) is 15.6. The van der Waals surface area contributed by atoms with Crippen LogP contribution in [0.25, 0.3) is 5.57 Å². The quantitative estimate of drug-likeness (QED) is 0.694. The van der Waals surface area contributed by atoms with Gasteiger partial charge in [0.25, 0.3) is 0 Å². The van der Waals surface area contributed by atoms with E-state index < -0.39 is 0 Å². The first-order valence-electron chi connectivity index (χ1n) is 9.26. The minimum Gasteiger partial charge on any atom is -0.378 e. The van der Waals surface area contributed by atoms with Crippen molar-refractivity contribution in [3.63, 3.8) is 0 Å². The van der Waals surface area contributed by atoms with E-state index in [1.165, 1.54) is 60.1 Å². The number of rotatable bonds is 4. The summed E-state index contributed by atoms with van der Waals surface area (Å²) in [5.74, 6) is 0.436. The van der Waals surface area contributed by atoms with Gasteiger partial charge in [0.05, 0.1) is 0 Å². The molecule has 0 atom stereocenters. The van der Waals surface area contributed by atoms with Crippen molar-refractivity contribution in [3.05, 3.63) is 46.5 Å². The van der Waals surface area contributed by atoms with Gasteiger partial charge in [-0.1, -0.05) is 37.0 Å². The lowest BCUT2D eigenvalue weighted by atomic mass is 9.81. The van der Waals surface area contributed by atoms with Gasteiger partial charge in [0.1, 0.15) is 0 Å². The van der Waals surface area contributed by atoms with Gasteiger partial charge in [-0.25, -0.2) is 0 Å². The van der Waals surface area contributed by atoms with E-state index in [4.69, 9.17) is 5.41 Å². The maximum atomic E-state index is 8.92. The van der Waals surface area contributed by atoms with Crippen LogP contribution in [0.5, 0.6) is 0 Å². The highest BCUT2D eigenvalue weighted by molar-refractivity contribution is 6.05. The molecule has 1 aromatic rings. The van der Waals surface area contributed by atoms with Crippen LogP contribution >= 0.6 is 0 Å². The van der Waals surface area contributed by atoms with Crippen LogP contribution in [0.15, 0.2) is 35.4 Å². The number of allylic oxidation sites excluding steroid dienone is 4. The van der Waals surface area contributed by atoms with E-state index in [-0.39, 0.29) is 0 Å². The molecule has 24 heavy (non-hydrogen) atoms. The first-order chi connectivity index (χ1) is 11.5. The van der Waals surface area contributed by atoms with Crippen molar-refractivity contribution < 1.29 is 0 Å². The minimum absolute atomic E-state index is 0.436. The molecule has 0 amide bonds. The summed E-state index contributed by atoms with van der Waals surface area (Å²) in [7, 11) is 4.16. The SMILES string of the molecule is CC1=CCC(c2ccc(N(C)C)cc2C(=N)C2CCCCC2)=C1C. The highest BCUT2D eigenvalue weighted by atomic mass is 15.1. The van der Waals surface area contributed by atoms with Crippen LogP contribution in [-0.2, 0) is 0 Å². The molecule has 0 saturated heterocycles. The smallest absolute Gasteiger partial charge is 0.0423 e. The van der Waals surface area contributed by atoms with Crippen LogP contribution in [0.2, 0.25) is 0 Å². The van der Waals surface area contributed by atoms with Gasteiger partial charge in [0, 0.05) is 37.0 Å². The fourth-order valence-corrected chi connectivity index (χ4v) is 4.02. The average molecular weight is 322 g/mol. The topological polar surface area (TPSA) is 27.1 Å². The van der Waals surface area contributed by atoms with Crippen LogP contribution in [-0.4, -0.2) is 19.8 Å². The summed E-state index contributed by atoms with van der Waals surface area (Å²) in [4.78, 5) is 2.14. The van der Waals surface area contributed by atoms with E-state index in [2.05, 4.69) is 57.1 Å². The lowest BCUT2D eigenvalue weighted by Crippen LogP contribution is -2.20. The van der Waals surface area contributed by atoms with Crippen molar-refractivity contribution in [1.29, 1.82) is 5.41 Å². The van der Waals surface area contributed by atoms with Gasteiger partial charge >= 0.3 is 0 Å². The molecule has 128 valence electrons. The Labute approximate surface area is 146 Å². The molecule has 1 aromatic carbocycles. The maximum absolute atomic E-state index is 8.92. The maximum Gasteiger partial charge on any atom is 0.0423 e. The standard InChI is InChI=1S/C22H30N2/c1-15-10-12-19(16(15)2)20-13-11-18(24(3)4)14-21(20)22(23)17-8-6-5-7-9-17/h10-11,13-14,17,23H,5-9,12H2,1-4H3. The highest BCUT2D eigenvalue weighted by Gasteiger charge is 2.24. The Morgan fingerprint density at radius 2 is 1.79 bits per heavy atom. The van der Waals surface area contributed by atoms with Gasteiger partial charge in [-0.2, -0.15) is 0 Å². The number of nitrogens with one attached hydrogen (secondary N) is 1. The number of benzene rings is 1. The number of hydrogen-bond donors (Lipinski definition) is 1. The summed E-state index contributed by atoms with van der Waals surface area (Å²) < 4.78 is 0. The van der Waals surface area contributed by atoms with Crippen LogP contribution in [0, 0.1) is 11.3 Å². The van der Waals surface area contributed by atoms with Crippen molar-refractivity contribution in [2.75, 3.05) is 19.0 Å². The predicted molar refractivity (Wildman–Crippen MR) is 105 cm³/mol. The summed E-state index contributed by atoms with van der Waals surface area (Å²) in [6.45, 7) is 4.42. The fraction of sp³-hybridized carbons (Fsp3) is 0.500. The lowest BCUT2D eigenvalue weighted by Gasteiger charge is -2.25. The number of anilines is 1. The van der Waals surface area contributed by atoms with Gasteiger partial charge < -0.3 is 10.3 Å². The van der Waals surface area contributed by atoms with Gasteiger partial charge in [0.15, 0.2) is 0 Å². The molecule has 0 heterocycles. The van der Waals surface area contributed by atoms with E-state index in [1.807, 2.05) is 0 Å². The number of nitrogens with zero attached hydrogens (tertiary/aromatic N) is 1. The van der Waals surface area contributed by atoms with E-state index in [1.54, 1.807) is 0 Å². The van der Waals surface area contributed by atoms with Crippen molar-refractivity contribution in [3.8, 4) is 0 Å². The van der Waals surface area contributed by atoms with Gasteiger partial charge in [-0.15, -0.1) is 0 Å². The Bertz CT molecular complexity index is 701. The van der Waals surface area contributed by atoms with E-state index in [9.17, 15) is 0 Å². The third kappa shape index (κ3) is 3.19. The zero-order valence-corrected chi connectivity index (χ0v) is 15.6. The normalized spacial score (nSPS) is 18.8. The largest absolute Gasteiger partial charge is 0.378 e. The van der Waals surface area contributed by atoms with Gasteiger partial charge in [-0.05, 0) is 62.0 Å². The Morgan fingerprint density at radius 3 is 2.38 bits per heavy atom. The molecule has 2 nitrogen and oxygen atoms in total. The molecular formula is C22H30N2. The molecule has 1 saturated carbocycles. The van der Waals surface area contributed by atoms with Gasteiger partial charge in [0.2, 0.25) is 0 Å². The van der Waals surface area contributed by atoms with Crippen molar-refractivity contribution in [2.45, 2.75) is 52.4 Å². The van der Waals surface area contributed by atoms with Crippen molar-refractivity contribution in [1.82, 2.24) is 0 Å². The molecule has 0 unspecified atom stereocenters. The Morgan fingerprint density at radius 1 is 1.08 bits per heavy atom. The van der Waals surface area contributed by atoms with Crippen molar-refractivity contribution in [2.24, 2.45) is 5.92 Å². The molecule has 0 spiro atoms. The van der Waals surface area contributed by atoms with E-state index in [0.29, 0.717) is 5.92 Å². The zero-order chi connectivity index (χ0) is 17.3. The Balaban J connectivity index is 2.04. The molecule has 1 fully saturated rings.